The number of piperidine rings is 1. The average Bonchev–Trinajstić information content (AvgIpc) is 3.60. The number of likely N-dealkylation sites (tertiary alicyclic amines) is 3. The van der Waals surface area contributed by atoms with Crippen LogP contribution in [0.15, 0.2) is 24.5 Å². The van der Waals surface area contributed by atoms with Crippen molar-refractivity contribution in [3.63, 3.8) is 0 Å². The maximum absolute atomic E-state index is 13.8. The largest absolute Gasteiger partial charge is 0.490 e. The van der Waals surface area contributed by atoms with E-state index < -0.39 is 18.1 Å². The molecule has 2 unspecified atom stereocenters. The van der Waals surface area contributed by atoms with Crippen molar-refractivity contribution in [3.05, 3.63) is 52.1 Å². The van der Waals surface area contributed by atoms with E-state index in [2.05, 4.69) is 14.9 Å². The molecule has 268 valence electrons. The van der Waals surface area contributed by atoms with Crippen LogP contribution in [0.5, 0.6) is 0 Å². The molecular formula is C33H42ClF3N6O6. The first-order chi connectivity index (χ1) is 23.0. The van der Waals surface area contributed by atoms with Crippen LogP contribution in [0.25, 0.3) is 0 Å². The number of benzene rings is 1. The Morgan fingerprint density at radius 3 is 2.02 bits per heavy atom. The fraction of sp³-hybridized carbons (Fsp3) is 0.576. The molecule has 0 aliphatic carbocycles. The summed E-state index contributed by atoms with van der Waals surface area (Å²) in [5, 5.41) is 16.9. The fourth-order valence-corrected chi connectivity index (χ4v) is 6.99. The number of nitrogens with zero attached hydrogens (tertiary/aromatic N) is 6. The van der Waals surface area contributed by atoms with Crippen LogP contribution in [0.3, 0.4) is 0 Å². The second kappa shape index (κ2) is 16.3. The first kappa shape index (κ1) is 38.0. The Hall–Kier alpha value is -3.82. The molecule has 49 heavy (non-hydrogen) atoms. The monoisotopic (exact) mass is 710 g/mol. The summed E-state index contributed by atoms with van der Waals surface area (Å²) < 4.78 is 31.7. The van der Waals surface area contributed by atoms with Crippen molar-refractivity contribution in [1.82, 2.24) is 24.7 Å². The Morgan fingerprint density at radius 1 is 0.939 bits per heavy atom. The Bertz CT molecular complexity index is 1500. The molecule has 1 aromatic carbocycles. The van der Waals surface area contributed by atoms with Crippen molar-refractivity contribution in [2.45, 2.75) is 46.2 Å². The van der Waals surface area contributed by atoms with Gasteiger partial charge in [0.25, 0.3) is 5.91 Å². The summed E-state index contributed by atoms with van der Waals surface area (Å²) in [6.07, 6.45) is -1.44. The lowest BCUT2D eigenvalue weighted by Crippen LogP contribution is -2.44. The molecule has 1 aromatic heterocycles. The topological polar surface area (TPSA) is 147 Å². The normalized spacial score (nSPS) is 20.0. The number of carbonyl (C=O) groups is 4. The molecule has 16 heteroatoms. The zero-order valence-electron chi connectivity index (χ0n) is 27.7. The molecule has 0 radical (unpaired) electrons. The summed E-state index contributed by atoms with van der Waals surface area (Å²) in [5.74, 6) is -2.71. The number of alkyl halides is 3. The molecule has 2 atom stereocenters. The van der Waals surface area contributed by atoms with Gasteiger partial charge < -0.3 is 24.9 Å². The van der Waals surface area contributed by atoms with Crippen molar-refractivity contribution >= 4 is 41.0 Å². The second-order valence-corrected chi connectivity index (χ2v) is 13.3. The molecule has 0 bridgehead atoms. The van der Waals surface area contributed by atoms with Crippen molar-refractivity contribution < 1.29 is 42.6 Å². The summed E-state index contributed by atoms with van der Waals surface area (Å²) in [6.45, 7) is 11.8. The molecule has 2 N–H and O–H groups in total. The van der Waals surface area contributed by atoms with Crippen LogP contribution < -0.4 is 4.90 Å². The van der Waals surface area contributed by atoms with Gasteiger partial charge in [-0.05, 0) is 89.2 Å². The zero-order valence-corrected chi connectivity index (χ0v) is 28.5. The van der Waals surface area contributed by atoms with Crippen LogP contribution in [-0.2, 0) is 14.4 Å². The van der Waals surface area contributed by atoms with Gasteiger partial charge in [-0.25, -0.2) is 14.8 Å². The summed E-state index contributed by atoms with van der Waals surface area (Å²) in [7, 11) is 0. The Morgan fingerprint density at radius 2 is 1.51 bits per heavy atom. The maximum Gasteiger partial charge on any atom is 0.490 e. The minimum absolute atomic E-state index is 0.0158. The molecule has 3 aliphatic rings. The van der Waals surface area contributed by atoms with Crippen molar-refractivity contribution in [2.24, 2.45) is 17.8 Å². The third-order valence-corrected chi connectivity index (χ3v) is 9.82. The highest BCUT2D eigenvalue weighted by atomic mass is 35.5. The molecule has 3 aliphatic heterocycles. The maximum atomic E-state index is 13.8. The second-order valence-electron chi connectivity index (χ2n) is 12.9. The van der Waals surface area contributed by atoms with Crippen LogP contribution in [0.2, 0.25) is 5.02 Å². The fourth-order valence-electron chi connectivity index (χ4n) is 6.82. The highest BCUT2D eigenvalue weighted by Crippen LogP contribution is 2.33. The number of hydrogen-bond acceptors (Lipinski definition) is 8. The first-order valence-electron chi connectivity index (χ1n) is 16.2. The molecule has 2 aromatic rings. The Kier molecular flexibility index (Phi) is 12.6. The lowest BCUT2D eigenvalue weighted by atomic mass is 9.94. The standard InChI is InChI=1S/C31H41ClN6O4.C2HF3O2/c1-20-5-6-26(13-27(20)32)38(30(41)23-7-11-35(12-8-23)18-28(39)40)10-4-9-36-14-24-16-37(17-25(24)15-36)31(42)29-21(2)33-19-34-22(29)3;3-2(4,5)1(6)7/h5-6,13,19,23-25H,4,7-12,14-18H2,1-3H3,(H,39,40);(H,6,7). The molecule has 0 saturated carbocycles. The van der Waals surface area contributed by atoms with Gasteiger partial charge >= 0.3 is 18.1 Å². The van der Waals surface area contributed by atoms with E-state index in [0.717, 1.165) is 61.8 Å². The van der Waals surface area contributed by atoms with Gasteiger partial charge in [-0.3, -0.25) is 19.3 Å². The van der Waals surface area contributed by atoms with Crippen LogP contribution in [-0.4, -0.2) is 124 Å². The van der Waals surface area contributed by atoms with E-state index >= 15 is 0 Å². The van der Waals surface area contributed by atoms with Crippen LogP contribution in [0.4, 0.5) is 18.9 Å². The SMILES string of the molecule is Cc1ccc(N(CCCN2CC3CN(C(=O)c4c(C)ncnc4C)CC3C2)C(=O)C2CCN(CC(=O)O)CC2)cc1Cl.O=C(O)C(F)(F)F. The van der Waals surface area contributed by atoms with Gasteiger partial charge in [0, 0.05) is 49.4 Å². The Labute approximate surface area is 287 Å². The summed E-state index contributed by atoms with van der Waals surface area (Å²) in [6, 6.07) is 5.79. The van der Waals surface area contributed by atoms with Crippen molar-refractivity contribution in [2.75, 3.05) is 63.8 Å². The van der Waals surface area contributed by atoms with Gasteiger partial charge in [-0.1, -0.05) is 17.7 Å². The van der Waals surface area contributed by atoms with Gasteiger partial charge in [-0.15, -0.1) is 0 Å². The minimum atomic E-state index is -5.08. The molecule has 4 heterocycles. The molecule has 0 spiro atoms. The van der Waals surface area contributed by atoms with Crippen LogP contribution in [0.1, 0.15) is 46.6 Å². The number of hydrogen-bond donors (Lipinski definition) is 2. The first-order valence-corrected chi connectivity index (χ1v) is 16.5. The zero-order chi connectivity index (χ0) is 36.0. The van der Waals surface area contributed by atoms with Crippen LogP contribution >= 0.6 is 11.6 Å². The highest BCUT2D eigenvalue weighted by Gasteiger charge is 2.42. The van der Waals surface area contributed by atoms with Crippen LogP contribution in [0, 0.1) is 38.5 Å². The number of fused-ring (bicyclic) bond motifs is 1. The molecule has 3 fully saturated rings. The van der Waals surface area contributed by atoms with E-state index in [0.29, 0.717) is 54.9 Å². The molecule has 3 saturated heterocycles. The van der Waals surface area contributed by atoms with E-state index in [1.165, 1.54) is 6.33 Å². The number of aryl methyl sites for hydroxylation is 3. The lowest BCUT2D eigenvalue weighted by molar-refractivity contribution is -0.192. The van der Waals surface area contributed by atoms with Crippen molar-refractivity contribution in [1.29, 1.82) is 0 Å². The smallest absolute Gasteiger partial charge is 0.480 e. The summed E-state index contributed by atoms with van der Waals surface area (Å²) in [4.78, 5) is 63.7. The molecule has 5 rings (SSSR count). The van der Waals surface area contributed by atoms with Gasteiger partial charge in [0.1, 0.15) is 6.33 Å². The van der Waals surface area contributed by atoms with Gasteiger partial charge in [0.2, 0.25) is 5.91 Å². The van der Waals surface area contributed by atoms with E-state index in [-0.39, 0.29) is 24.3 Å². The van der Waals surface area contributed by atoms with E-state index in [1.54, 1.807) is 0 Å². The number of aliphatic carboxylic acids is 2. The third kappa shape index (κ3) is 9.88. The summed E-state index contributed by atoms with van der Waals surface area (Å²) in [5.41, 5.74) is 3.86. The predicted molar refractivity (Wildman–Crippen MR) is 174 cm³/mol. The number of carbonyl (C=O) groups excluding carboxylic acids is 2. The minimum Gasteiger partial charge on any atom is -0.480 e. The molecule has 12 nitrogen and oxygen atoms in total. The number of rotatable bonds is 9. The number of aromatic nitrogens is 2. The van der Waals surface area contributed by atoms with E-state index in [1.807, 2.05) is 53.7 Å². The van der Waals surface area contributed by atoms with E-state index in [4.69, 9.17) is 26.6 Å². The molecular weight excluding hydrogens is 669 g/mol. The lowest BCUT2D eigenvalue weighted by Gasteiger charge is -2.34. The third-order valence-electron chi connectivity index (χ3n) is 9.42. The number of carboxylic acid groups (broad SMARTS) is 2. The summed E-state index contributed by atoms with van der Waals surface area (Å²) >= 11 is 6.46. The average molecular weight is 711 g/mol. The number of amides is 2. The van der Waals surface area contributed by atoms with Gasteiger partial charge in [0.15, 0.2) is 0 Å². The quantitative estimate of drug-likeness (QED) is 0.393. The van der Waals surface area contributed by atoms with E-state index in [9.17, 15) is 27.6 Å². The highest BCUT2D eigenvalue weighted by molar-refractivity contribution is 6.31. The van der Waals surface area contributed by atoms with Crippen molar-refractivity contribution in [3.8, 4) is 0 Å². The number of anilines is 1. The molecule has 2 amide bonds. The Balaban J connectivity index is 0.000000698. The number of halogens is 4. The predicted octanol–water partition coefficient (Wildman–Crippen LogP) is 3.91. The number of carboxylic acids is 2. The van der Waals surface area contributed by atoms with Gasteiger partial charge in [-0.2, -0.15) is 13.2 Å². The van der Waals surface area contributed by atoms with Gasteiger partial charge in [0.05, 0.1) is 23.5 Å².